The first-order valence-corrected chi connectivity index (χ1v) is 33.2. The molecule has 0 fully saturated rings. The quantitative estimate of drug-likeness (QED) is 0.0774. The largest absolute Gasteiger partial charge is 0.331 e. The SMILES string of the molecule is C.CC(C)(c1ccc(-n2c3ccccc3c3ccccc32)cc1)c1ccc(C(C)(C)n2c3ccccc3c3ccccc32)cc1.CC(C)(c1ccc(C(C)(C)c2cccc3c2sc2ccccc23)cc1)c1ccc2c3ccccc3c3ccccc3c2c1.[B]CP. The maximum absolute atomic E-state index is 4.81. The summed E-state index contributed by atoms with van der Waals surface area (Å²) in [6, 6.07) is 104. The second kappa shape index (κ2) is 24.0. The average molecular weight is 1210 g/mol. The molecule has 16 rings (SSSR count). The van der Waals surface area contributed by atoms with Gasteiger partial charge in [0, 0.05) is 74.7 Å². The van der Waals surface area contributed by atoms with E-state index in [0.717, 1.165) is 0 Å². The Bertz CT molecular complexity index is 5210. The molecule has 91 heavy (non-hydrogen) atoms. The molecular formula is C86H78BN2PS. The number of hydrogen-bond donors (Lipinski definition) is 0. The molecule has 0 spiro atoms. The molecular weight excluding hydrogens is 1130 g/mol. The Morgan fingerprint density at radius 1 is 0.319 bits per heavy atom. The average Bonchev–Trinajstić information content (AvgIpc) is 1.80. The molecule has 2 radical (unpaired) electrons. The van der Waals surface area contributed by atoms with Crippen LogP contribution in [0, 0.1) is 0 Å². The molecule has 446 valence electrons. The predicted octanol–water partition coefficient (Wildman–Crippen LogP) is 23.8. The second-order valence-corrected chi connectivity index (χ2v) is 27.8. The molecule has 2 nitrogen and oxygen atoms in total. The fourth-order valence-corrected chi connectivity index (χ4v) is 15.9. The Morgan fingerprint density at radius 2 is 0.648 bits per heavy atom. The van der Waals surface area contributed by atoms with Crippen molar-refractivity contribution in [3.05, 3.63) is 318 Å². The number of aromatic nitrogens is 2. The first-order chi connectivity index (χ1) is 43.6. The van der Waals surface area contributed by atoms with Crippen LogP contribution in [0.25, 0.3) is 102 Å². The highest BCUT2D eigenvalue weighted by atomic mass is 32.1. The highest BCUT2D eigenvalue weighted by molar-refractivity contribution is 7.26. The van der Waals surface area contributed by atoms with Gasteiger partial charge in [-0.15, -0.1) is 20.6 Å². The molecule has 0 bridgehead atoms. The maximum atomic E-state index is 4.81. The highest BCUT2D eigenvalue weighted by Crippen LogP contribution is 2.46. The summed E-state index contributed by atoms with van der Waals surface area (Å²) in [6.07, 6.45) is 0. The third kappa shape index (κ3) is 10.3. The second-order valence-electron chi connectivity index (χ2n) is 26.2. The lowest BCUT2D eigenvalue weighted by atomic mass is 9.74. The molecule has 1 atom stereocenters. The zero-order valence-electron chi connectivity index (χ0n) is 52.7. The minimum atomic E-state index is -0.227. The van der Waals surface area contributed by atoms with Gasteiger partial charge in [0.1, 0.15) is 0 Å². The van der Waals surface area contributed by atoms with Crippen LogP contribution in [-0.2, 0) is 21.8 Å². The highest BCUT2D eigenvalue weighted by Gasteiger charge is 2.31. The summed E-state index contributed by atoms with van der Waals surface area (Å²) < 4.78 is 7.64. The van der Waals surface area contributed by atoms with Crippen LogP contribution < -0.4 is 0 Å². The van der Waals surface area contributed by atoms with Gasteiger partial charge < -0.3 is 9.13 Å². The number of fused-ring (bicyclic) bond motifs is 15. The van der Waals surface area contributed by atoms with E-state index in [4.69, 9.17) is 7.85 Å². The lowest BCUT2D eigenvalue weighted by Gasteiger charge is -2.32. The van der Waals surface area contributed by atoms with E-state index in [9.17, 15) is 0 Å². The minimum absolute atomic E-state index is 0. The normalized spacial score (nSPS) is 12.2. The molecule has 0 saturated carbocycles. The Hall–Kier alpha value is -9.05. The van der Waals surface area contributed by atoms with Crippen molar-refractivity contribution in [3.8, 4) is 5.69 Å². The van der Waals surface area contributed by atoms with Gasteiger partial charge >= 0.3 is 0 Å². The topological polar surface area (TPSA) is 9.86 Å². The van der Waals surface area contributed by atoms with E-state index in [1.165, 1.54) is 141 Å². The molecule has 0 aliphatic rings. The van der Waals surface area contributed by atoms with Gasteiger partial charge in [-0.25, -0.2) is 0 Å². The Morgan fingerprint density at radius 3 is 1.13 bits per heavy atom. The zero-order valence-corrected chi connectivity index (χ0v) is 54.7. The summed E-state index contributed by atoms with van der Waals surface area (Å²) in [6.45, 7) is 18.8. The first kappa shape index (κ1) is 60.8. The smallest absolute Gasteiger partial charge is 0.0709 e. The molecule has 0 N–H and O–H groups in total. The standard InChI is InChI=1S/C42H36N2.C42H34S.CH4BP.CH4/c1-41(2,30-25-27-32(28-26-30)43-37-17-9-5-13-33(37)34-14-6-10-18-38(34)43)29-21-23-31(24-22-29)42(3,4)44-39-19-11-7-15-35(39)36-16-8-12-20-40(36)44;1-41(2,29-24-25-34-32-14-6-5-12-30(32)31-13-7-8-15-33(31)37(34)26-29)27-20-22-28(23-21-27)42(3,4)38-18-11-17-36-35-16-9-10-19-39(35)43-40(36)38;2-1-3;/h5-28H,1-4H3;5-26H,1-4H3;1,3H2;1H4. The number of para-hydroxylation sites is 4. The van der Waals surface area contributed by atoms with E-state index in [1.54, 1.807) is 0 Å². The first-order valence-electron chi connectivity index (χ1n) is 31.6. The number of hydrogen-bond acceptors (Lipinski definition) is 1. The molecule has 0 amide bonds. The van der Waals surface area contributed by atoms with Crippen LogP contribution in [-0.4, -0.2) is 23.0 Å². The number of benzene rings is 13. The van der Waals surface area contributed by atoms with E-state index in [2.05, 4.69) is 353 Å². The van der Waals surface area contributed by atoms with Gasteiger partial charge in [0.15, 0.2) is 0 Å². The third-order valence-electron chi connectivity index (χ3n) is 19.8. The third-order valence-corrected chi connectivity index (χ3v) is 21.0. The number of nitrogens with zero attached hydrogens (tertiary/aromatic N) is 2. The van der Waals surface area contributed by atoms with Crippen LogP contribution in [0.1, 0.15) is 102 Å². The van der Waals surface area contributed by atoms with Crippen LogP contribution in [0.15, 0.2) is 279 Å². The van der Waals surface area contributed by atoms with Crippen molar-refractivity contribution in [2.24, 2.45) is 0 Å². The number of rotatable bonds is 9. The fraction of sp³-hybridized carbons (Fsp3) is 0.163. The van der Waals surface area contributed by atoms with Gasteiger partial charge in [0.25, 0.3) is 0 Å². The molecule has 5 heteroatoms. The van der Waals surface area contributed by atoms with Crippen molar-refractivity contribution in [1.82, 2.24) is 9.13 Å². The van der Waals surface area contributed by atoms with Crippen molar-refractivity contribution in [3.63, 3.8) is 0 Å². The molecule has 3 aromatic heterocycles. The molecule has 16 aromatic rings. The van der Waals surface area contributed by atoms with Crippen LogP contribution in [0.2, 0.25) is 0 Å². The Kier molecular flexibility index (Phi) is 16.0. The molecule has 1 unspecified atom stereocenters. The lowest BCUT2D eigenvalue weighted by Crippen LogP contribution is -2.28. The van der Waals surface area contributed by atoms with Gasteiger partial charge in [-0.3, -0.25) is 0 Å². The van der Waals surface area contributed by atoms with Crippen LogP contribution in [0.5, 0.6) is 0 Å². The fourth-order valence-electron chi connectivity index (χ4n) is 14.5. The summed E-state index contributed by atoms with van der Waals surface area (Å²) in [5, 5.41) is 15.8. The number of thiophene rings is 1. The molecule has 3 heterocycles. The maximum Gasteiger partial charge on any atom is 0.0709 e. The van der Waals surface area contributed by atoms with Gasteiger partial charge in [-0.05, 0) is 134 Å². The summed E-state index contributed by atoms with van der Waals surface area (Å²) in [5.41, 5.74) is 14.9. The van der Waals surface area contributed by atoms with Gasteiger partial charge in [0.2, 0.25) is 0 Å². The van der Waals surface area contributed by atoms with E-state index < -0.39 is 0 Å². The predicted molar refractivity (Wildman–Crippen MR) is 403 cm³/mol. The van der Waals surface area contributed by atoms with Crippen LogP contribution in [0.3, 0.4) is 0 Å². The van der Waals surface area contributed by atoms with Crippen LogP contribution in [0.4, 0.5) is 0 Å². The Labute approximate surface area is 544 Å². The van der Waals surface area contributed by atoms with Gasteiger partial charge in [0.05, 0.1) is 24.4 Å². The summed E-state index contributed by atoms with van der Waals surface area (Å²) >= 11 is 1.92. The lowest BCUT2D eigenvalue weighted by molar-refractivity contribution is 0.464. The van der Waals surface area contributed by atoms with Crippen molar-refractivity contribution in [2.75, 3.05) is 6.06 Å². The minimum Gasteiger partial charge on any atom is -0.331 e. The van der Waals surface area contributed by atoms with Gasteiger partial charge in [-0.2, -0.15) is 0 Å². The van der Waals surface area contributed by atoms with Crippen molar-refractivity contribution in [2.45, 2.75) is 84.6 Å². The summed E-state index contributed by atoms with van der Waals surface area (Å²) in [7, 11) is 7.17. The molecule has 0 aliphatic heterocycles. The molecule has 0 aliphatic carbocycles. The van der Waals surface area contributed by atoms with E-state index in [-0.39, 0.29) is 29.2 Å². The summed E-state index contributed by atoms with van der Waals surface area (Å²) in [5.74, 6) is 0. The van der Waals surface area contributed by atoms with Gasteiger partial charge in [-0.1, -0.05) is 286 Å². The van der Waals surface area contributed by atoms with Crippen molar-refractivity contribution >= 4 is 125 Å². The zero-order chi connectivity index (χ0) is 62.1. The van der Waals surface area contributed by atoms with E-state index in [1.807, 2.05) is 11.3 Å². The molecule has 0 saturated heterocycles. The van der Waals surface area contributed by atoms with Crippen molar-refractivity contribution < 1.29 is 0 Å². The van der Waals surface area contributed by atoms with Crippen LogP contribution >= 0.6 is 20.6 Å². The molecule has 13 aromatic carbocycles. The monoisotopic (exact) mass is 1210 g/mol. The van der Waals surface area contributed by atoms with E-state index >= 15 is 0 Å². The summed E-state index contributed by atoms with van der Waals surface area (Å²) in [4.78, 5) is 0. The van der Waals surface area contributed by atoms with E-state index in [0.29, 0.717) is 6.06 Å². The Balaban J connectivity index is 0.000000158. The van der Waals surface area contributed by atoms with Crippen molar-refractivity contribution in [1.29, 1.82) is 0 Å².